The number of nitriles is 1. The van der Waals surface area contributed by atoms with Gasteiger partial charge in [-0.1, -0.05) is 0 Å². The third-order valence-corrected chi connectivity index (χ3v) is 1.17. The van der Waals surface area contributed by atoms with E-state index in [1.54, 1.807) is 6.07 Å². The smallest absolute Gasteiger partial charge is 1.00 e. The van der Waals surface area contributed by atoms with Crippen LogP contribution in [-0.2, 0) is 9.53 Å². The predicted octanol–water partition coefficient (Wildman–Crippen LogP) is -2.13. The van der Waals surface area contributed by atoms with E-state index in [4.69, 9.17) is 5.26 Å². The Balaban J connectivity index is -0.000000405. The minimum atomic E-state index is -0.720. The van der Waals surface area contributed by atoms with Gasteiger partial charge >= 0.3 is 57.4 Å². The van der Waals surface area contributed by atoms with Crippen molar-refractivity contribution in [3.05, 3.63) is 9.81 Å². The average Bonchev–Trinajstić information content (AvgIpc) is 1.88. The van der Waals surface area contributed by atoms with Gasteiger partial charge in [-0.05, 0) is 0 Å². The minimum Gasteiger partial charge on any atom is -1.00 e. The number of esters is 1. The van der Waals surface area contributed by atoms with Crippen molar-refractivity contribution >= 4 is 31.2 Å². The largest absolute Gasteiger partial charge is 1.00 e. The average molecular weight is 215 g/mol. The Morgan fingerprint density at radius 2 is 2.09 bits per heavy atom. The monoisotopic (exact) mass is 215 g/mol. The Hall–Kier alpha value is 1.04. The van der Waals surface area contributed by atoms with Crippen LogP contribution in [0.4, 0.5) is 0 Å². The van der Waals surface area contributed by atoms with Crippen LogP contribution in [0, 0.1) is 11.3 Å². The molecule has 3 nitrogen and oxygen atoms in total. The zero-order valence-corrected chi connectivity index (χ0v) is 11.1. The second-order valence-electron chi connectivity index (χ2n) is 1.30. The van der Waals surface area contributed by atoms with E-state index in [0.717, 1.165) is 0 Å². The molecule has 0 aromatic rings. The van der Waals surface area contributed by atoms with Crippen LogP contribution in [0.1, 0.15) is 1.43 Å². The maximum absolute atomic E-state index is 10.6. The molecular weight excluding hydrogens is 209 g/mol. The molecule has 0 amide bonds. The van der Waals surface area contributed by atoms with Gasteiger partial charge in [-0.2, -0.15) is 5.26 Å². The molecule has 56 valence electrons. The summed E-state index contributed by atoms with van der Waals surface area (Å²) >= 11 is 7.37. The number of hydrogen-bond acceptors (Lipinski definition) is 5. The first-order valence-corrected chi connectivity index (χ1v) is 3.13. The summed E-state index contributed by atoms with van der Waals surface area (Å²) in [4.78, 5) is 10.6. The van der Waals surface area contributed by atoms with Crippen LogP contribution in [0.2, 0.25) is 0 Å². The predicted molar refractivity (Wildman–Crippen MR) is 43.7 cm³/mol. The fraction of sp³-hybridized carbons (Fsp3) is 0.200. The summed E-state index contributed by atoms with van der Waals surface area (Å²) in [6, 6.07) is 1.60. The van der Waals surface area contributed by atoms with E-state index in [2.05, 4.69) is 30.0 Å². The molecule has 0 unspecified atom stereocenters. The molecule has 0 spiro atoms. The van der Waals surface area contributed by atoms with Crippen molar-refractivity contribution < 1.29 is 62.3 Å². The van der Waals surface area contributed by atoms with Gasteiger partial charge in [0.15, 0.2) is 5.57 Å². The molecule has 0 saturated heterocycles. The Bertz CT molecular complexity index is 222. The third-order valence-electron chi connectivity index (χ3n) is 0.725. The molecule has 0 aliphatic carbocycles. The summed E-state index contributed by atoms with van der Waals surface area (Å²) in [6.45, 7) is 0. The van der Waals surface area contributed by atoms with Crippen LogP contribution in [0.5, 0.6) is 0 Å². The molecule has 11 heavy (non-hydrogen) atoms. The molecule has 0 radical (unpaired) electrons. The normalized spacial score (nSPS) is 7.09. The molecule has 0 atom stereocenters. The van der Waals surface area contributed by atoms with Crippen LogP contribution in [0.3, 0.4) is 0 Å². The fourth-order valence-corrected chi connectivity index (χ4v) is 0.572. The van der Waals surface area contributed by atoms with Crippen molar-refractivity contribution in [2.45, 2.75) is 0 Å². The Morgan fingerprint density at radius 1 is 1.64 bits per heavy atom. The summed E-state index contributed by atoms with van der Waals surface area (Å²) < 4.78 is 4.31. The van der Waals surface area contributed by atoms with Crippen LogP contribution in [0.25, 0.3) is 0 Å². The zero-order chi connectivity index (χ0) is 8.15. The van der Waals surface area contributed by atoms with Gasteiger partial charge < -0.3 is 6.16 Å². The first kappa shape index (κ1) is 14.6. The number of rotatable bonds is 1. The minimum absolute atomic E-state index is 0. The molecular formula is C5H6KNO2S2. The number of carbonyl (C=O) groups excluding carboxylic acids is 1. The molecule has 0 saturated carbocycles. The van der Waals surface area contributed by atoms with Gasteiger partial charge in [-0.3, -0.25) is 0 Å². The SMILES string of the molecule is COC(=O)C(C#N)=C(S)S.[H-].[K+]. The molecule has 0 aliphatic heterocycles. The zero-order valence-electron chi connectivity index (χ0n) is 7.16. The molecule has 0 bridgehead atoms. The van der Waals surface area contributed by atoms with Gasteiger partial charge in [0.05, 0.1) is 11.3 Å². The van der Waals surface area contributed by atoms with Gasteiger partial charge in [-0.25, -0.2) is 4.79 Å². The van der Waals surface area contributed by atoms with E-state index >= 15 is 0 Å². The van der Waals surface area contributed by atoms with E-state index in [1.807, 2.05) is 0 Å². The second kappa shape index (κ2) is 7.67. The number of hydrogen-bond donors (Lipinski definition) is 2. The van der Waals surface area contributed by atoms with Crippen molar-refractivity contribution in [1.82, 2.24) is 0 Å². The van der Waals surface area contributed by atoms with Crippen LogP contribution in [-0.4, -0.2) is 13.1 Å². The number of nitrogens with zero attached hydrogens (tertiary/aromatic N) is 1. The van der Waals surface area contributed by atoms with Crippen molar-refractivity contribution in [3.63, 3.8) is 0 Å². The fourth-order valence-electron chi connectivity index (χ4n) is 0.289. The summed E-state index contributed by atoms with van der Waals surface area (Å²) in [5.74, 6) is -0.720. The van der Waals surface area contributed by atoms with Gasteiger partial charge in [0.2, 0.25) is 0 Å². The molecule has 0 heterocycles. The van der Waals surface area contributed by atoms with Crippen molar-refractivity contribution in [1.29, 1.82) is 5.26 Å². The molecule has 0 fully saturated rings. The second-order valence-corrected chi connectivity index (χ2v) is 2.55. The third kappa shape index (κ3) is 5.30. The van der Waals surface area contributed by atoms with E-state index < -0.39 is 5.97 Å². The Morgan fingerprint density at radius 3 is 2.18 bits per heavy atom. The van der Waals surface area contributed by atoms with Gasteiger partial charge in [-0.15, -0.1) is 25.3 Å². The summed E-state index contributed by atoms with van der Waals surface area (Å²) in [7, 11) is 1.18. The van der Waals surface area contributed by atoms with E-state index in [1.165, 1.54) is 7.11 Å². The first-order chi connectivity index (χ1) is 4.63. The summed E-state index contributed by atoms with van der Waals surface area (Å²) in [5, 5.41) is 8.29. The first-order valence-electron chi connectivity index (χ1n) is 2.24. The number of thiol groups is 2. The Labute approximate surface area is 120 Å². The molecule has 0 rings (SSSR count). The summed E-state index contributed by atoms with van der Waals surface area (Å²) in [6.07, 6.45) is 0. The van der Waals surface area contributed by atoms with E-state index in [9.17, 15) is 4.79 Å². The van der Waals surface area contributed by atoms with E-state index in [0.29, 0.717) is 0 Å². The van der Waals surface area contributed by atoms with Crippen molar-refractivity contribution in [3.8, 4) is 6.07 Å². The van der Waals surface area contributed by atoms with E-state index in [-0.39, 0.29) is 62.6 Å². The number of carbonyl (C=O) groups is 1. The molecule has 0 aromatic carbocycles. The van der Waals surface area contributed by atoms with Gasteiger partial charge in [0.25, 0.3) is 0 Å². The van der Waals surface area contributed by atoms with Gasteiger partial charge in [0.1, 0.15) is 6.07 Å². The number of ether oxygens (including phenoxy) is 1. The Kier molecular flexibility index (Phi) is 10.2. The molecule has 0 N–H and O–H groups in total. The molecule has 0 aliphatic rings. The molecule has 0 aromatic heterocycles. The van der Waals surface area contributed by atoms with Crippen LogP contribution < -0.4 is 51.4 Å². The maximum atomic E-state index is 10.6. The summed E-state index contributed by atoms with van der Waals surface area (Å²) in [5.41, 5.74) is -0.186. The van der Waals surface area contributed by atoms with Crippen LogP contribution in [0.15, 0.2) is 9.81 Å². The standard InChI is InChI=1S/C5H5NO2S2.K.H/c1-8-4(7)3(2-6)5(9)10;;/h9-10H,1H3;;/q;+1;-1. The number of methoxy groups -OCH3 is 1. The van der Waals surface area contributed by atoms with Crippen LogP contribution >= 0.6 is 25.3 Å². The van der Waals surface area contributed by atoms with Gasteiger partial charge in [0, 0.05) is 0 Å². The maximum Gasteiger partial charge on any atom is 1.00 e. The van der Waals surface area contributed by atoms with Crippen molar-refractivity contribution in [2.75, 3.05) is 7.11 Å². The van der Waals surface area contributed by atoms with Crippen molar-refractivity contribution in [2.24, 2.45) is 0 Å². The topological polar surface area (TPSA) is 50.1 Å². The quantitative estimate of drug-likeness (QED) is 0.173. The molecule has 6 heteroatoms.